The molecule has 0 aliphatic heterocycles. The molecule has 1 N–H and O–H groups in total. The molecule has 0 saturated heterocycles. The van der Waals surface area contributed by atoms with Gasteiger partial charge in [0.15, 0.2) is 0 Å². The molecule has 13 heavy (non-hydrogen) atoms. The van der Waals surface area contributed by atoms with Gasteiger partial charge in [0.2, 0.25) is 0 Å². The summed E-state index contributed by atoms with van der Waals surface area (Å²) in [5.74, 6) is 2.20. The smallest absolute Gasteiger partial charge is 0.00244 e. The van der Waals surface area contributed by atoms with Crippen LogP contribution in [0.1, 0.15) is 33.6 Å². The minimum Gasteiger partial charge on any atom is -0.319 e. The molecule has 0 aromatic heterocycles. The Hall–Kier alpha value is 0.310. The lowest BCUT2D eigenvalue weighted by atomic mass is 9.98. The van der Waals surface area contributed by atoms with Crippen LogP contribution in [0.15, 0.2) is 0 Å². The largest absolute Gasteiger partial charge is 0.319 e. The van der Waals surface area contributed by atoms with Crippen molar-refractivity contribution < 1.29 is 0 Å². The van der Waals surface area contributed by atoms with Crippen LogP contribution in [0, 0.1) is 11.3 Å². The molecule has 1 rings (SSSR count). The average Bonchev–Trinajstić information content (AvgIpc) is 2.61. The molecule has 3 atom stereocenters. The summed E-state index contributed by atoms with van der Waals surface area (Å²) in [4.78, 5) is 0. The number of hydrogen-bond acceptors (Lipinski definition) is 2. The molecule has 2 heteroatoms. The third-order valence-corrected chi connectivity index (χ3v) is 4.34. The number of rotatable bonds is 6. The summed E-state index contributed by atoms with van der Waals surface area (Å²) in [7, 11) is 2.07. The molecule has 0 radical (unpaired) electrons. The number of thioether (sulfide) groups is 1. The Kier molecular flexibility index (Phi) is 4.11. The van der Waals surface area contributed by atoms with E-state index >= 15 is 0 Å². The monoisotopic (exact) mass is 201 g/mol. The highest BCUT2D eigenvalue weighted by Crippen LogP contribution is 2.55. The van der Waals surface area contributed by atoms with Crippen LogP contribution in [0.4, 0.5) is 0 Å². The summed E-state index contributed by atoms with van der Waals surface area (Å²) in [6.45, 7) is 8.22. The molecule has 1 aliphatic rings. The van der Waals surface area contributed by atoms with Gasteiger partial charge in [0.1, 0.15) is 0 Å². The summed E-state index contributed by atoms with van der Waals surface area (Å²) < 4.78 is 0. The van der Waals surface area contributed by atoms with Crippen LogP contribution < -0.4 is 5.32 Å². The van der Waals surface area contributed by atoms with E-state index in [1.54, 1.807) is 0 Å². The van der Waals surface area contributed by atoms with E-state index in [0.717, 1.165) is 11.2 Å². The molecule has 0 bridgehead atoms. The minimum absolute atomic E-state index is 0.649. The molecule has 0 heterocycles. The molecule has 0 aromatic carbocycles. The van der Waals surface area contributed by atoms with Gasteiger partial charge in [-0.15, -0.1) is 0 Å². The average molecular weight is 201 g/mol. The molecule has 0 amide bonds. The van der Waals surface area contributed by atoms with Crippen molar-refractivity contribution in [2.45, 2.75) is 38.9 Å². The second-order valence-corrected chi connectivity index (χ2v) is 6.18. The Morgan fingerprint density at radius 1 is 1.62 bits per heavy atom. The van der Waals surface area contributed by atoms with Crippen LogP contribution in [0.3, 0.4) is 0 Å². The summed E-state index contributed by atoms with van der Waals surface area (Å²) in [5.41, 5.74) is 0.649. The van der Waals surface area contributed by atoms with Gasteiger partial charge in [-0.05, 0) is 37.0 Å². The van der Waals surface area contributed by atoms with E-state index in [9.17, 15) is 0 Å². The topological polar surface area (TPSA) is 12.0 Å². The zero-order valence-electron chi connectivity index (χ0n) is 9.39. The molecule has 0 spiro atoms. The highest BCUT2D eigenvalue weighted by atomic mass is 32.2. The van der Waals surface area contributed by atoms with E-state index in [2.05, 4.69) is 44.9 Å². The Balaban J connectivity index is 2.32. The first-order valence-electron chi connectivity index (χ1n) is 5.41. The van der Waals surface area contributed by atoms with E-state index in [4.69, 9.17) is 0 Å². The first-order valence-corrected chi connectivity index (χ1v) is 6.45. The van der Waals surface area contributed by atoms with Crippen molar-refractivity contribution >= 4 is 11.8 Å². The fourth-order valence-electron chi connectivity index (χ4n) is 2.42. The molecule has 3 unspecified atom stereocenters. The number of hydrogen-bond donors (Lipinski definition) is 1. The van der Waals surface area contributed by atoms with Gasteiger partial charge < -0.3 is 5.32 Å². The molecular formula is C11H23NS. The fraction of sp³-hybridized carbons (Fsp3) is 1.00. The van der Waals surface area contributed by atoms with Crippen LogP contribution in [0.5, 0.6) is 0 Å². The molecule has 0 aromatic rings. The minimum atomic E-state index is 0.649. The van der Waals surface area contributed by atoms with E-state index in [-0.39, 0.29) is 0 Å². The number of nitrogens with one attached hydrogen (secondary N) is 1. The Morgan fingerprint density at radius 3 is 2.62 bits per heavy atom. The van der Waals surface area contributed by atoms with Crippen LogP contribution in [-0.4, -0.2) is 24.6 Å². The van der Waals surface area contributed by atoms with E-state index in [0.29, 0.717) is 5.41 Å². The summed E-state index contributed by atoms with van der Waals surface area (Å²) in [6.07, 6.45) is 2.83. The molecule has 1 aliphatic carbocycles. The third-order valence-electron chi connectivity index (χ3n) is 3.27. The maximum Gasteiger partial charge on any atom is 0.00244 e. The standard InChI is InChI=1S/C11H23NS/c1-5-13-10(3)7-11(8-12-4)6-9(11)2/h9-10,12H,5-8H2,1-4H3. The van der Waals surface area contributed by atoms with Gasteiger partial charge in [-0.3, -0.25) is 0 Å². The second kappa shape index (κ2) is 4.70. The van der Waals surface area contributed by atoms with Crippen molar-refractivity contribution in [2.75, 3.05) is 19.3 Å². The van der Waals surface area contributed by atoms with Crippen molar-refractivity contribution in [3.8, 4) is 0 Å². The third kappa shape index (κ3) is 2.88. The first kappa shape index (κ1) is 11.4. The molecule has 1 nitrogen and oxygen atoms in total. The van der Waals surface area contributed by atoms with Crippen LogP contribution in [0.25, 0.3) is 0 Å². The molecular weight excluding hydrogens is 178 g/mol. The van der Waals surface area contributed by atoms with E-state index in [1.807, 2.05) is 0 Å². The van der Waals surface area contributed by atoms with E-state index in [1.165, 1.54) is 25.1 Å². The van der Waals surface area contributed by atoms with Crippen LogP contribution in [0.2, 0.25) is 0 Å². The quantitative estimate of drug-likeness (QED) is 0.709. The zero-order valence-corrected chi connectivity index (χ0v) is 10.2. The SMILES string of the molecule is CCSC(C)CC1(CNC)CC1C. The van der Waals surface area contributed by atoms with Gasteiger partial charge in [-0.2, -0.15) is 11.8 Å². The Morgan fingerprint density at radius 2 is 2.23 bits per heavy atom. The molecule has 1 saturated carbocycles. The maximum absolute atomic E-state index is 3.34. The lowest BCUT2D eigenvalue weighted by molar-refractivity contribution is 0.410. The van der Waals surface area contributed by atoms with Gasteiger partial charge in [-0.25, -0.2) is 0 Å². The van der Waals surface area contributed by atoms with Gasteiger partial charge in [-0.1, -0.05) is 20.8 Å². The Labute approximate surface area is 87.1 Å². The second-order valence-electron chi connectivity index (χ2n) is 4.47. The van der Waals surface area contributed by atoms with Gasteiger partial charge in [0, 0.05) is 11.8 Å². The van der Waals surface area contributed by atoms with E-state index < -0.39 is 0 Å². The van der Waals surface area contributed by atoms with Gasteiger partial charge in [0.25, 0.3) is 0 Å². The normalized spacial score (nSPS) is 34.6. The van der Waals surface area contributed by atoms with Crippen molar-refractivity contribution in [3.63, 3.8) is 0 Å². The lowest BCUT2D eigenvalue weighted by Crippen LogP contribution is -2.24. The molecule has 1 fully saturated rings. The zero-order chi connectivity index (χ0) is 9.90. The highest BCUT2D eigenvalue weighted by Gasteiger charge is 2.50. The Bertz CT molecular complexity index is 160. The van der Waals surface area contributed by atoms with Gasteiger partial charge in [0.05, 0.1) is 0 Å². The van der Waals surface area contributed by atoms with Gasteiger partial charge >= 0.3 is 0 Å². The first-order chi connectivity index (χ1) is 6.14. The fourth-order valence-corrected chi connectivity index (χ4v) is 3.44. The lowest BCUT2D eigenvalue weighted by Gasteiger charge is -2.20. The summed E-state index contributed by atoms with van der Waals surface area (Å²) in [6, 6.07) is 0. The van der Waals surface area contributed by atoms with Crippen molar-refractivity contribution in [1.82, 2.24) is 5.32 Å². The predicted octanol–water partition coefficient (Wildman–Crippen LogP) is 2.76. The van der Waals surface area contributed by atoms with Crippen molar-refractivity contribution in [3.05, 3.63) is 0 Å². The molecule has 78 valence electrons. The summed E-state index contributed by atoms with van der Waals surface area (Å²) in [5, 5.41) is 4.18. The van der Waals surface area contributed by atoms with Crippen LogP contribution >= 0.6 is 11.8 Å². The highest BCUT2D eigenvalue weighted by molar-refractivity contribution is 7.99. The predicted molar refractivity (Wildman–Crippen MR) is 62.4 cm³/mol. The van der Waals surface area contributed by atoms with Crippen molar-refractivity contribution in [1.29, 1.82) is 0 Å². The van der Waals surface area contributed by atoms with Crippen molar-refractivity contribution in [2.24, 2.45) is 11.3 Å². The summed E-state index contributed by atoms with van der Waals surface area (Å²) >= 11 is 2.10. The maximum atomic E-state index is 3.34. The van der Waals surface area contributed by atoms with Crippen LogP contribution in [-0.2, 0) is 0 Å².